The van der Waals surface area contributed by atoms with E-state index in [1.807, 2.05) is 13.0 Å². The number of sulfone groups is 1. The molecule has 148 valence electrons. The molecule has 0 heterocycles. The van der Waals surface area contributed by atoms with Crippen molar-refractivity contribution >= 4 is 27.2 Å². The minimum absolute atomic E-state index is 0.0250. The zero-order valence-electron chi connectivity index (χ0n) is 16.2. The first-order chi connectivity index (χ1) is 13.8. The van der Waals surface area contributed by atoms with E-state index < -0.39 is 15.7 Å². The van der Waals surface area contributed by atoms with Gasteiger partial charge in [-0.3, -0.25) is 9.59 Å². The van der Waals surface area contributed by atoms with E-state index >= 15 is 0 Å². The van der Waals surface area contributed by atoms with Crippen LogP contribution in [-0.2, 0) is 9.84 Å². The number of rotatable bonds is 6. The van der Waals surface area contributed by atoms with Gasteiger partial charge in [0.25, 0.3) is 5.91 Å². The molecule has 0 spiro atoms. The van der Waals surface area contributed by atoms with Gasteiger partial charge in [0.05, 0.1) is 21.9 Å². The second-order valence-corrected chi connectivity index (χ2v) is 8.84. The number of ketones is 1. The first-order valence-corrected chi connectivity index (χ1v) is 10.8. The van der Waals surface area contributed by atoms with Gasteiger partial charge in [0.1, 0.15) is 0 Å². The normalized spacial score (nSPS) is 11.1. The molecule has 0 radical (unpaired) electrons. The molecule has 0 atom stereocenters. The number of anilines is 1. The smallest absolute Gasteiger partial charge is 0.257 e. The third-order valence-electron chi connectivity index (χ3n) is 4.55. The molecule has 3 aromatic carbocycles. The van der Waals surface area contributed by atoms with E-state index in [0.717, 1.165) is 5.56 Å². The maximum absolute atomic E-state index is 13.0. The van der Waals surface area contributed by atoms with E-state index in [0.29, 0.717) is 16.8 Å². The summed E-state index contributed by atoms with van der Waals surface area (Å²) < 4.78 is 24.7. The Kier molecular flexibility index (Phi) is 5.94. The Balaban J connectivity index is 2.01. The second kappa shape index (κ2) is 8.41. The summed E-state index contributed by atoms with van der Waals surface area (Å²) in [4.78, 5) is 25.8. The molecule has 0 saturated carbocycles. The first-order valence-electron chi connectivity index (χ1n) is 9.17. The number of aryl methyl sites for hydroxylation is 1. The lowest BCUT2D eigenvalue weighted by molar-refractivity contribution is 0.102. The van der Waals surface area contributed by atoms with E-state index in [9.17, 15) is 18.0 Å². The number of benzene rings is 3. The molecule has 0 bridgehead atoms. The second-order valence-electron chi connectivity index (χ2n) is 6.60. The van der Waals surface area contributed by atoms with Gasteiger partial charge in [-0.1, -0.05) is 61.0 Å². The minimum atomic E-state index is -3.57. The molecule has 6 heteroatoms. The summed E-state index contributed by atoms with van der Waals surface area (Å²) >= 11 is 0. The van der Waals surface area contributed by atoms with E-state index in [1.165, 1.54) is 19.1 Å². The molecule has 0 aliphatic carbocycles. The Morgan fingerprint density at radius 3 is 2.21 bits per heavy atom. The molecular formula is C23H21NO4S. The van der Waals surface area contributed by atoms with Gasteiger partial charge in [-0.05, 0) is 31.2 Å². The van der Waals surface area contributed by atoms with Crippen molar-refractivity contribution in [2.75, 3.05) is 11.1 Å². The molecule has 29 heavy (non-hydrogen) atoms. The van der Waals surface area contributed by atoms with Crippen LogP contribution in [0.3, 0.4) is 0 Å². The number of hydrogen-bond donors (Lipinski definition) is 1. The molecule has 3 rings (SSSR count). The average Bonchev–Trinajstić information content (AvgIpc) is 2.75. The van der Waals surface area contributed by atoms with Gasteiger partial charge in [0.15, 0.2) is 15.6 Å². The first kappa shape index (κ1) is 20.5. The van der Waals surface area contributed by atoms with Gasteiger partial charge in [-0.15, -0.1) is 0 Å². The molecule has 1 N–H and O–H groups in total. The number of carbonyl (C=O) groups is 2. The number of carbonyl (C=O) groups excluding carboxylic acids is 2. The van der Waals surface area contributed by atoms with E-state index in [2.05, 4.69) is 5.32 Å². The zero-order chi connectivity index (χ0) is 21.0. The molecule has 0 aromatic heterocycles. The Bertz CT molecular complexity index is 1170. The summed E-state index contributed by atoms with van der Waals surface area (Å²) in [7, 11) is -3.57. The molecule has 1 amide bonds. The van der Waals surface area contributed by atoms with Crippen molar-refractivity contribution in [3.8, 4) is 0 Å². The molecule has 0 unspecified atom stereocenters. The van der Waals surface area contributed by atoms with E-state index in [-0.39, 0.29) is 22.0 Å². The van der Waals surface area contributed by atoms with Crippen LogP contribution in [0.4, 0.5) is 5.69 Å². The van der Waals surface area contributed by atoms with Crippen molar-refractivity contribution in [2.45, 2.75) is 18.7 Å². The number of hydrogen-bond acceptors (Lipinski definition) is 4. The fourth-order valence-corrected chi connectivity index (χ4v) is 4.06. The van der Waals surface area contributed by atoms with Crippen LogP contribution in [0.2, 0.25) is 0 Å². The summed E-state index contributed by atoms with van der Waals surface area (Å²) in [5, 5.41) is 2.72. The van der Waals surface area contributed by atoms with Crippen molar-refractivity contribution in [3.63, 3.8) is 0 Å². The van der Waals surface area contributed by atoms with Crippen LogP contribution < -0.4 is 5.32 Å². The van der Waals surface area contributed by atoms with Gasteiger partial charge >= 0.3 is 0 Å². The van der Waals surface area contributed by atoms with Crippen LogP contribution >= 0.6 is 0 Å². The van der Waals surface area contributed by atoms with Crippen molar-refractivity contribution in [1.29, 1.82) is 0 Å². The SMILES string of the molecule is CCS(=O)(=O)c1ccccc1C(=O)Nc1ccc(C)cc1C(=O)c1ccccc1. The highest BCUT2D eigenvalue weighted by molar-refractivity contribution is 7.91. The molecule has 0 saturated heterocycles. The van der Waals surface area contributed by atoms with Gasteiger partial charge < -0.3 is 5.32 Å². The topological polar surface area (TPSA) is 80.3 Å². The molecule has 0 aliphatic rings. The van der Waals surface area contributed by atoms with E-state index in [1.54, 1.807) is 54.6 Å². The quantitative estimate of drug-likeness (QED) is 0.619. The lowest BCUT2D eigenvalue weighted by Crippen LogP contribution is -2.19. The lowest BCUT2D eigenvalue weighted by Gasteiger charge is -2.13. The van der Waals surface area contributed by atoms with Crippen LogP contribution in [0, 0.1) is 6.92 Å². The maximum Gasteiger partial charge on any atom is 0.257 e. The zero-order valence-corrected chi connectivity index (χ0v) is 17.0. The van der Waals surface area contributed by atoms with Gasteiger partial charge in [-0.2, -0.15) is 0 Å². The highest BCUT2D eigenvalue weighted by atomic mass is 32.2. The monoisotopic (exact) mass is 407 g/mol. The Morgan fingerprint density at radius 2 is 1.52 bits per heavy atom. The maximum atomic E-state index is 13.0. The van der Waals surface area contributed by atoms with E-state index in [4.69, 9.17) is 0 Å². The summed E-state index contributed by atoms with van der Waals surface area (Å²) in [5.74, 6) is -0.915. The average molecular weight is 407 g/mol. The molecule has 3 aromatic rings. The van der Waals surface area contributed by atoms with Crippen LogP contribution in [0.5, 0.6) is 0 Å². The van der Waals surface area contributed by atoms with Crippen LogP contribution in [0.15, 0.2) is 77.7 Å². The van der Waals surface area contributed by atoms with Crippen molar-refractivity contribution in [2.24, 2.45) is 0 Å². The fourth-order valence-electron chi connectivity index (χ4n) is 2.97. The standard InChI is InChI=1S/C23H21NO4S/c1-3-29(27,28)21-12-8-7-11-18(21)23(26)24-20-14-13-16(2)15-19(20)22(25)17-9-5-4-6-10-17/h4-15H,3H2,1-2H3,(H,24,26). The number of nitrogens with one attached hydrogen (secondary N) is 1. The van der Waals surface area contributed by atoms with Gasteiger partial charge in [0, 0.05) is 11.1 Å². The largest absolute Gasteiger partial charge is 0.321 e. The summed E-state index contributed by atoms with van der Waals surface area (Å²) in [6.45, 7) is 3.39. The summed E-state index contributed by atoms with van der Waals surface area (Å²) in [6.07, 6.45) is 0. The molecule has 0 aliphatic heterocycles. The van der Waals surface area contributed by atoms with Crippen LogP contribution in [-0.4, -0.2) is 25.9 Å². The van der Waals surface area contributed by atoms with Crippen molar-refractivity contribution in [3.05, 3.63) is 95.1 Å². The minimum Gasteiger partial charge on any atom is -0.321 e. The Hall–Kier alpha value is -3.25. The lowest BCUT2D eigenvalue weighted by atomic mass is 9.99. The van der Waals surface area contributed by atoms with Crippen LogP contribution in [0.25, 0.3) is 0 Å². The predicted octanol–water partition coefficient (Wildman–Crippen LogP) is 4.27. The Morgan fingerprint density at radius 1 is 0.862 bits per heavy atom. The van der Waals surface area contributed by atoms with Gasteiger partial charge in [0.2, 0.25) is 0 Å². The van der Waals surface area contributed by atoms with Gasteiger partial charge in [-0.25, -0.2) is 8.42 Å². The predicted molar refractivity (Wildman–Crippen MR) is 113 cm³/mol. The third kappa shape index (κ3) is 4.43. The molecule has 5 nitrogen and oxygen atoms in total. The Labute approximate surface area is 170 Å². The highest BCUT2D eigenvalue weighted by Crippen LogP contribution is 2.24. The summed E-state index contributed by atoms with van der Waals surface area (Å²) in [6, 6.07) is 20.0. The molecular weight excluding hydrogens is 386 g/mol. The van der Waals surface area contributed by atoms with Crippen molar-refractivity contribution < 1.29 is 18.0 Å². The third-order valence-corrected chi connectivity index (χ3v) is 6.34. The van der Waals surface area contributed by atoms with Crippen LogP contribution in [0.1, 0.15) is 38.8 Å². The summed E-state index contributed by atoms with van der Waals surface area (Å²) in [5.41, 5.74) is 2.10. The molecule has 0 fully saturated rings. The number of amides is 1. The highest BCUT2D eigenvalue weighted by Gasteiger charge is 2.22. The fraction of sp³-hybridized carbons (Fsp3) is 0.130. The van der Waals surface area contributed by atoms with Crippen molar-refractivity contribution in [1.82, 2.24) is 0 Å².